The molecule has 2 aliphatic rings. The van der Waals surface area contributed by atoms with Crippen molar-refractivity contribution < 1.29 is 4.79 Å². The second-order valence-electron chi connectivity index (χ2n) is 3.62. The molecule has 2 N–H and O–H groups in total. The second-order valence-corrected chi connectivity index (χ2v) is 3.62. The molecule has 2 atom stereocenters. The highest BCUT2D eigenvalue weighted by Crippen LogP contribution is 2.29. The summed E-state index contributed by atoms with van der Waals surface area (Å²) in [5.74, 6) is 0.469. The lowest BCUT2D eigenvalue weighted by atomic mass is 9.80. The lowest BCUT2D eigenvalue weighted by Gasteiger charge is -2.37. The zero-order valence-corrected chi connectivity index (χ0v) is 7.10. The number of nitrogens with one attached hydrogen (secondary N) is 2. The van der Waals surface area contributed by atoms with E-state index < -0.39 is 0 Å². The third kappa shape index (κ3) is 1.19. The quantitative estimate of drug-likeness (QED) is 0.518. The van der Waals surface area contributed by atoms with E-state index in [0.29, 0.717) is 12.0 Å². The summed E-state index contributed by atoms with van der Waals surface area (Å²) < 4.78 is 0. The summed E-state index contributed by atoms with van der Waals surface area (Å²) in [6, 6.07) is 0.325. The fourth-order valence-electron chi connectivity index (χ4n) is 2.10. The lowest BCUT2D eigenvalue weighted by Crippen LogP contribution is -2.56. The molecular weight excluding hydrogens is 152 g/mol. The fraction of sp³-hybridized carbons (Fsp3) is 0.667. The zero-order valence-electron chi connectivity index (χ0n) is 7.10. The summed E-state index contributed by atoms with van der Waals surface area (Å²) in [6.45, 7) is 4.81. The van der Waals surface area contributed by atoms with Crippen LogP contribution in [0.5, 0.6) is 0 Å². The first-order valence-electron chi connectivity index (χ1n) is 4.49. The molecule has 66 valence electrons. The molecule has 0 aromatic heterocycles. The molecule has 12 heavy (non-hydrogen) atoms. The Morgan fingerprint density at radius 2 is 2.33 bits per heavy atom. The van der Waals surface area contributed by atoms with Crippen molar-refractivity contribution in [3.8, 4) is 0 Å². The van der Waals surface area contributed by atoms with Crippen LogP contribution in [0.2, 0.25) is 0 Å². The van der Waals surface area contributed by atoms with Gasteiger partial charge in [0.05, 0.1) is 0 Å². The molecule has 3 nitrogen and oxygen atoms in total. The Morgan fingerprint density at radius 3 is 3.17 bits per heavy atom. The van der Waals surface area contributed by atoms with Gasteiger partial charge in [-0.1, -0.05) is 12.2 Å². The number of carbonyl (C=O) groups excluding carboxylic acids is 1. The monoisotopic (exact) mass is 166 g/mol. The van der Waals surface area contributed by atoms with Crippen LogP contribution in [0.4, 0.5) is 4.79 Å². The number of urea groups is 1. The Kier molecular flexibility index (Phi) is 1.79. The van der Waals surface area contributed by atoms with Gasteiger partial charge >= 0.3 is 6.03 Å². The first-order valence-corrected chi connectivity index (χ1v) is 4.49. The van der Waals surface area contributed by atoms with Crippen molar-refractivity contribution in [2.75, 3.05) is 6.54 Å². The van der Waals surface area contributed by atoms with Crippen LogP contribution in [-0.2, 0) is 0 Å². The van der Waals surface area contributed by atoms with E-state index in [2.05, 4.69) is 17.2 Å². The highest BCUT2D eigenvalue weighted by Gasteiger charge is 2.32. The maximum Gasteiger partial charge on any atom is 0.315 e. The molecule has 1 heterocycles. The summed E-state index contributed by atoms with van der Waals surface area (Å²) in [6.07, 6.45) is 3.40. The topological polar surface area (TPSA) is 41.1 Å². The Hall–Kier alpha value is -0.990. The van der Waals surface area contributed by atoms with E-state index in [-0.39, 0.29) is 6.03 Å². The summed E-state index contributed by atoms with van der Waals surface area (Å²) in [4.78, 5) is 11.0. The SMILES string of the molecule is C=C1CCCC2NC(=O)NCC12. The van der Waals surface area contributed by atoms with E-state index in [1.165, 1.54) is 12.0 Å². The standard InChI is InChI=1S/C9H14N2O/c1-6-3-2-4-8-7(6)5-10-9(12)11-8/h7-8H,1-5H2,(H2,10,11,12). The Morgan fingerprint density at radius 1 is 1.50 bits per heavy atom. The van der Waals surface area contributed by atoms with Crippen LogP contribution in [0.25, 0.3) is 0 Å². The van der Waals surface area contributed by atoms with Crippen molar-refractivity contribution in [1.29, 1.82) is 0 Å². The zero-order chi connectivity index (χ0) is 8.55. The molecular formula is C9H14N2O. The first-order chi connectivity index (χ1) is 5.77. The van der Waals surface area contributed by atoms with Crippen LogP contribution in [0.1, 0.15) is 19.3 Å². The molecule has 0 aromatic carbocycles. The molecule has 3 heteroatoms. The van der Waals surface area contributed by atoms with E-state index in [1.54, 1.807) is 0 Å². The average Bonchev–Trinajstić information content (AvgIpc) is 2.04. The molecule has 0 bridgehead atoms. The van der Waals surface area contributed by atoms with Gasteiger partial charge in [-0.15, -0.1) is 0 Å². The fourth-order valence-corrected chi connectivity index (χ4v) is 2.10. The number of fused-ring (bicyclic) bond motifs is 1. The first kappa shape index (κ1) is 7.65. The molecule has 0 spiro atoms. The number of hydrogen-bond acceptors (Lipinski definition) is 1. The molecule has 2 unspecified atom stereocenters. The van der Waals surface area contributed by atoms with Crippen molar-refractivity contribution >= 4 is 6.03 Å². The third-order valence-electron chi connectivity index (χ3n) is 2.82. The van der Waals surface area contributed by atoms with Crippen LogP contribution in [0.3, 0.4) is 0 Å². The minimum absolute atomic E-state index is 0.0223. The molecule has 1 aliphatic heterocycles. The van der Waals surface area contributed by atoms with Gasteiger partial charge in [-0.3, -0.25) is 0 Å². The minimum atomic E-state index is -0.0223. The number of carbonyl (C=O) groups is 1. The molecule has 1 aliphatic carbocycles. The van der Waals surface area contributed by atoms with E-state index in [9.17, 15) is 4.79 Å². The maximum absolute atomic E-state index is 11.0. The van der Waals surface area contributed by atoms with Gasteiger partial charge in [-0.25, -0.2) is 4.79 Å². The maximum atomic E-state index is 11.0. The van der Waals surface area contributed by atoms with Crippen LogP contribution >= 0.6 is 0 Å². The van der Waals surface area contributed by atoms with Gasteiger partial charge in [0.1, 0.15) is 0 Å². The van der Waals surface area contributed by atoms with Gasteiger partial charge in [0, 0.05) is 18.5 Å². The molecule has 1 saturated heterocycles. The molecule has 2 amide bonds. The molecule has 1 saturated carbocycles. The molecule has 0 aromatic rings. The van der Waals surface area contributed by atoms with Gasteiger partial charge in [0.25, 0.3) is 0 Å². The summed E-state index contributed by atoms with van der Waals surface area (Å²) >= 11 is 0. The average molecular weight is 166 g/mol. The van der Waals surface area contributed by atoms with Crippen molar-refractivity contribution in [3.05, 3.63) is 12.2 Å². The number of hydrogen-bond donors (Lipinski definition) is 2. The van der Waals surface area contributed by atoms with E-state index in [1.807, 2.05) is 0 Å². The van der Waals surface area contributed by atoms with E-state index >= 15 is 0 Å². The number of amides is 2. The van der Waals surface area contributed by atoms with Crippen molar-refractivity contribution in [3.63, 3.8) is 0 Å². The highest BCUT2D eigenvalue weighted by atomic mass is 16.2. The Balaban J connectivity index is 2.09. The summed E-state index contributed by atoms with van der Waals surface area (Å²) in [7, 11) is 0. The number of rotatable bonds is 0. The lowest BCUT2D eigenvalue weighted by molar-refractivity contribution is 0.211. The van der Waals surface area contributed by atoms with Crippen LogP contribution in [0, 0.1) is 5.92 Å². The van der Waals surface area contributed by atoms with E-state index in [0.717, 1.165) is 19.4 Å². The third-order valence-corrected chi connectivity index (χ3v) is 2.82. The van der Waals surface area contributed by atoms with Crippen molar-refractivity contribution in [2.45, 2.75) is 25.3 Å². The molecule has 2 rings (SSSR count). The van der Waals surface area contributed by atoms with Crippen LogP contribution in [0.15, 0.2) is 12.2 Å². The largest absolute Gasteiger partial charge is 0.337 e. The molecule has 0 radical (unpaired) electrons. The van der Waals surface area contributed by atoms with Gasteiger partial charge < -0.3 is 10.6 Å². The van der Waals surface area contributed by atoms with Crippen molar-refractivity contribution in [2.24, 2.45) is 5.92 Å². The predicted molar refractivity (Wildman–Crippen MR) is 46.8 cm³/mol. The normalized spacial score (nSPS) is 35.0. The molecule has 2 fully saturated rings. The van der Waals surface area contributed by atoms with Crippen molar-refractivity contribution in [1.82, 2.24) is 10.6 Å². The smallest absolute Gasteiger partial charge is 0.315 e. The second kappa shape index (κ2) is 2.81. The van der Waals surface area contributed by atoms with Gasteiger partial charge in [-0.2, -0.15) is 0 Å². The van der Waals surface area contributed by atoms with E-state index in [4.69, 9.17) is 0 Å². The summed E-state index contributed by atoms with van der Waals surface area (Å²) in [5, 5.41) is 5.74. The van der Waals surface area contributed by atoms with Gasteiger partial charge in [-0.05, 0) is 19.3 Å². The Labute approximate surface area is 72.2 Å². The minimum Gasteiger partial charge on any atom is -0.337 e. The van der Waals surface area contributed by atoms with Gasteiger partial charge in [0.15, 0.2) is 0 Å². The predicted octanol–water partition coefficient (Wildman–Crippen LogP) is 1.02. The Bertz CT molecular complexity index is 225. The van der Waals surface area contributed by atoms with Crippen LogP contribution < -0.4 is 10.6 Å². The van der Waals surface area contributed by atoms with Crippen LogP contribution in [-0.4, -0.2) is 18.6 Å². The highest BCUT2D eigenvalue weighted by molar-refractivity contribution is 5.75. The van der Waals surface area contributed by atoms with Gasteiger partial charge in [0.2, 0.25) is 0 Å². The summed E-state index contributed by atoms with van der Waals surface area (Å²) in [5.41, 5.74) is 1.29.